The first kappa shape index (κ1) is 19.9. The molecule has 1 heterocycles. The smallest absolute Gasteiger partial charge is 0.338 e. The molecule has 2 aromatic carbocycles. The van der Waals surface area contributed by atoms with Crippen molar-refractivity contribution in [3.63, 3.8) is 0 Å². The van der Waals surface area contributed by atoms with Crippen LogP contribution in [0.25, 0.3) is 0 Å². The number of esters is 1. The molecule has 0 spiro atoms. The first-order valence-corrected chi connectivity index (χ1v) is 9.44. The van der Waals surface area contributed by atoms with Gasteiger partial charge in [-0.1, -0.05) is 12.1 Å². The standard InChI is InChI=1S/C22H25NO5/c1-15-5-3-6-18(13-15)23-21(24)16(2)28-22(25)17-8-10-19(11-9-17)27-14-20-7-4-12-26-20/h3,5-6,8-11,13,16,20H,4,7,12,14H2,1-2H3,(H,23,24)/t16-,20+/m0/s1. The maximum Gasteiger partial charge on any atom is 0.338 e. The fourth-order valence-electron chi connectivity index (χ4n) is 2.90. The van der Waals surface area contributed by atoms with E-state index in [1.807, 2.05) is 25.1 Å². The van der Waals surface area contributed by atoms with Crippen LogP contribution >= 0.6 is 0 Å². The van der Waals surface area contributed by atoms with Gasteiger partial charge in [0.25, 0.3) is 5.91 Å². The molecule has 1 amide bonds. The molecule has 1 saturated heterocycles. The zero-order valence-electron chi connectivity index (χ0n) is 16.1. The lowest BCUT2D eigenvalue weighted by atomic mass is 10.2. The zero-order valence-corrected chi connectivity index (χ0v) is 16.1. The molecule has 0 saturated carbocycles. The predicted molar refractivity (Wildman–Crippen MR) is 106 cm³/mol. The van der Waals surface area contributed by atoms with Crippen molar-refractivity contribution in [2.24, 2.45) is 0 Å². The van der Waals surface area contributed by atoms with Crippen molar-refractivity contribution >= 4 is 17.6 Å². The van der Waals surface area contributed by atoms with Gasteiger partial charge in [0.15, 0.2) is 6.10 Å². The van der Waals surface area contributed by atoms with E-state index < -0.39 is 12.1 Å². The van der Waals surface area contributed by atoms with Crippen LogP contribution in [0.1, 0.15) is 35.7 Å². The van der Waals surface area contributed by atoms with Crippen LogP contribution in [0.4, 0.5) is 5.69 Å². The van der Waals surface area contributed by atoms with Gasteiger partial charge in [0.2, 0.25) is 0 Å². The minimum absolute atomic E-state index is 0.136. The van der Waals surface area contributed by atoms with E-state index in [-0.39, 0.29) is 12.0 Å². The Labute approximate surface area is 164 Å². The van der Waals surface area contributed by atoms with Gasteiger partial charge in [-0.05, 0) is 68.7 Å². The molecule has 2 atom stereocenters. The van der Waals surface area contributed by atoms with Gasteiger partial charge in [0.1, 0.15) is 12.4 Å². The summed E-state index contributed by atoms with van der Waals surface area (Å²) in [6.45, 7) is 4.77. The molecule has 6 heteroatoms. The fourth-order valence-corrected chi connectivity index (χ4v) is 2.90. The Morgan fingerprint density at radius 2 is 2.00 bits per heavy atom. The molecule has 0 unspecified atom stereocenters. The molecule has 0 aliphatic carbocycles. The largest absolute Gasteiger partial charge is 0.491 e. The van der Waals surface area contributed by atoms with E-state index >= 15 is 0 Å². The molecule has 0 bridgehead atoms. The first-order chi connectivity index (χ1) is 13.5. The Balaban J connectivity index is 1.49. The monoisotopic (exact) mass is 383 g/mol. The summed E-state index contributed by atoms with van der Waals surface area (Å²) in [6, 6.07) is 14.1. The highest BCUT2D eigenvalue weighted by molar-refractivity contribution is 5.97. The number of ether oxygens (including phenoxy) is 3. The highest BCUT2D eigenvalue weighted by Crippen LogP contribution is 2.17. The van der Waals surface area contributed by atoms with E-state index in [0.717, 1.165) is 25.0 Å². The van der Waals surface area contributed by atoms with E-state index in [1.165, 1.54) is 0 Å². The highest BCUT2D eigenvalue weighted by Gasteiger charge is 2.20. The molecular formula is C22H25NO5. The number of carbonyl (C=O) groups is 2. The summed E-state index contributed by atoms with van der Waals surface area (Å²) in [5.74, 6) is -0.273. The molecule has 148 valence electrons. The minimum Gasteiger partial charge on any atom is -0.491 e. The van der Waals surface area contributed by atoms with Crippen molar-refractivity contribution in [1.82, 2.24) is 0 Å². The second kappa shape index (κ2) is 9.37. The van der Waals surface area contributed by atoms with Crippen molar-refractivity contribution in [1.29, 1.82) is 0 Å². The Bertz CT molecular complexity index is 812. The number of amides is 1. The van der Waals surface area contributed by atoms with Crippen LogP contribution in [-0.2, 0) is 14.3 Å². The van der Waals surface area contributed by atoms with E-state index in [2.05, 4.69) is 5.32 Å². The second-order valence-electron chi connectivity index (χ2n) is 6.88. The molecule has 2 aromatic rings. The van der Waals surface area contributed by atoms with Crippen LogP contribution in [-0.4, -0.2) is 37.3 Å². The van der Waals surface area contributed by atoms with Gasteiger partial charge in [-0.15, -0.1) is 0 Å². The van der Waals surface area contributed by atoms with Crippen LogP contribution in [0.2, 0.25) is 0 Å². The lowest BCUT2D eigenvalue weighted by molar-refractivity contribution is -0.123. The number of aryl methyl sites for hydroxylation is 1. The normalized spacial score (nSPS) is 17.0. The maximum absolute atomic E-state index is 12.3. The molecule has 3 rings (SSSR count). The fraction of sp³-hybridized carbons (Fsp3) is 0.364. The quantitative estimate of drug-likeness (QED) is 0.738. The average Bonchev–Trinajstić information content (AvgIpc) is 3.20. The van der Waals surface area contributed by atoms with Crippen molar-refractivity contribution in [3.05, 3.63) is 59.7 Å². The lowest BCUT2D eigenvalue weighted by Crippen LogP contribution is -2.30. The Kier molecular flexibility index (Phi) is 6.66. The Morgan fingerprint density at radius 3 is 2.68 bits per heavy atom. The summed E-state index contributed by atoms with van der Waals surface area (Å²) in [4.78, 5) is 24.5. The first-order valence-electron chi connectivity index (χ1n) is 9.44. The van der Waals surface area contributed by atoms with E-state index in [1.54, 1.807) is 37.3 Å². The lowest BCUT2D eigenvalue weighted by Gasteiger charge is -2.14. The zero-order chi connectivity index (χ0) is 19.9. The SMILES string of the molecule is Cc1cccc(NC(=O)[C@H](C)OC(=O)c2ccc(OC[C@H]3CCCO3)cc2)c1. The second-order valence-corrected chi connectivity index (χ2v) is 6.88. The van der Waals surface area contributed by atoms with Crippen LogP contribution < -0.4 is 10.1 Å². The third kappa shape index (κ3) is 5.57. The van der Waals surface area contributed by atoms with Gasteiger partial charge in [-0.3, -0.25) is 4.79 Å². The Morgan fingerprint density at radius 1 is 1.21 bits per heavy atom. The Hall–Kier alpha value is -2.86. The third-order valence-corrected chi connectivity index (χ3v) is 4.49. The number of benzene rings is 2. The maximum atomic E-state index is 12.3. The summed E-state index contributed by atoms with van der Waals surface area (Å²) < 4.78 is 16.5. The third-order valence-electron chi connectivity index (χ3n) is 4.49. The molecule has 1 N–H and O–H groups in total. The summed E-state index contributed by atoms with van der Waals surface area (Å²) in [5, 5.41) is 2.74. The van der Waals surface area contributed by atoms with E-state index in [4.69, 9.17) is 14.2 Å². The summed E-state index contributed by atoms with van der Waals surface area (Å²) in [5.41, 5.74) is 2.06. The number of hydrogen-bond acceptors (Lipinski definition) is 5. The van der Waals surface area contributed by atoms with Gasteiger partial charge in [-0.25, -0.2) is 4.79 Å². The average molecular weight is 383 g/mol. The van der Waals surface area contributed by atoms with Gasteiger partial charge in [-0.2, -0.15) is 0 Å². The predicted octanol–water partition coefficient (Wildman–Crippen LogP) is 3.74. The number of hydrogen-bond donors (Lipinski definition) is 1. The van der Waals surface area contributed by atoms with Crippen molar-refractivity contribution in [2.75, 3.05) is 18.5 Å². The van der Waals surface area contributed by atoms with E-state index in [0.29, 0.717) is 23.6 Å². The molecule has 0 aromatic heterocycles. The molecule has 1 aliphatic heterocycles. The molecule has 28 heavy (non-hydrogen) atoms. The van der Waals surface area contributed by atoms with Crippen molar-refractivity contribution in [2.45, 2.75) is 38.9 Å². The van der Waals surface area contributed by atoms with Gasteiger partial charge >= 0.3 is 5.97 Å². The van der Waals surface area contributed by atoms with Crippen molar-refractivity contribution < 1.29 is 23.8 Å². The summed E-state index contributed by atoms with van der Waals surface area (Å²) in [6.07, 6.45) is 1.29. The summed E-state index contributed by atoms with van der Waals surface area (Å²) in [7, 11) is 0. The van der Waals surface area contributed by atoms with Gasteiger partial charge in [0.05, 0.1) is 11.7 Å². The van der Waals surface area contributed by atoms with Crippen LogP contribution in [0.3, 0.4) is 0 Å². The molecule has 0 radical (unpaired) electrons. The molecule has 1 aliphatic rings. The minimum atomic E-state index is -0.913. The van der Waals surface area contributed by atoms with Crippen LogP contribution in [0.5, 0.6) is 5.75 Å². The highest BCUT2D eigenvalue weighted by atomic mass is 16.5. The number of anilines is 1. The summed E-state index contributed by atoms with van der Waals surface area (Å²) >= 11 is 0. The molecule has 6 nitrogen and oxygen atoms in total. The van der Waals surface area contributed by atoms with Gasteiger partial charge in [0, 0.05) is 12.3 Å². The molecular weight excluding hydrogens is 358 g/mol. The number of nitrogens with one attached hydrogen (secondary N) is 1. The number of rotatable bonds is 7. The van der Waals surface area contributed by atoms with Crippen LogP contribution in [0.15, 0.2) is 48.5 Å². The number of carbonyl (C=O) groups excluding carboxylic acids is 2. The van der Waals surface area contributed by atoms with E-state index in [9.17, 15) is 9.59 Å². The van der Waals surface area contributed by atoms with Crippen molar-refractivity contribution in [3.8, 4) is 5.75 Å². The topological polar surface area (TPSA) is 73.9 Å². The molecule has 1 fully saturated rings. The van der Waals surface area contributed by atoms with Crippen LogP contribution in [0, 0.1) is 6.92 Å². The van der Waals surface area contributed by atoms with Gasteiger partial charge < -0.3 is 19.5 Å².